The van der Waals surface area contributed by atoms with Crippen molar-refractivity contribution in [2.24, 2.45) is 11.3 Å². The van der Waals surface area contributed by atoms with Gasteiger partial charge in [0.1, 0.15) is 0 Å². The molecule has 0 aromatic rings. The standard InChI is InChI=1S/C9H15N.C5H12O/c1-9(2)5-3-8(7-10)4-6-9;1-3-5(6)4-2/h8H,3-6H2,1-2H3;5-6H,3-4H2,1-2H3. The van der Waals surface area contributed by atoms with Gasteiger partial charge in [0, 0.05) is 5.92 Å². The van der Waals surface area contributed by atoms with Crippen molar-refractivity contribution in [3.8, 4) is 6.07 Å². The van der Waals surface area contributed by atoms with Gasteiger partial charge < -0.3 is 5.11 Å². The van der Waals surface area contributed by atoms with E-state index in [9.17, 15) is 0 Å². The molecule has 0 aromatic carbocycles. The minimum absolute atomic E-state index is 0.0648. The number of hydrogen-bond donors (Lipinski definition) is 1. The molecule has 2 heteroatoms. The zero-order chi connectivity index (χ0) is 12.6. The SMILES string of the molecule is CC1(C)CCC(C#N)CC1.CCC(O)CC. The van der Waals surface area contributed by atoms with Crippen LogP contribution >= 0.6 is 0 Å². The van der Waals surface area contributed by atoms with Gasteiger partial charge in [-0.3, -0.25) is 0 Å². The molecule has 0 amide bonds. The summed E-state index contributed by atoms with van der Waals surface area (Å²) in [6, 6.07) is 2.34. The maximum atomic E-state index is 8.67. The first-order chi connectivity index (χ1) is 7.45. The Bertz CT molecular complexity index is 203. The minimum atomic E-state index is -0.0648. The van der Waals surface area contributed by atoms with Gasteiger partial charge in [-0.2, -0.15) is 5.26 Å². The average molecular weight is 225 g/mol. The Hall–Kier alpha value is -0.550. The number of nitrogens with zero attached hydrogens (tertiary/aromatic N) is 1. The molecule has 1 fully saturated rings. The van der Waals surface area contributed by atoms with Crippen LogP contribution in [0, 0.1) is 22.7 Å². The molecule has 16 heavy (non-hydrogen) atoms. The van der Waals surface area contributed by atoms with Crippen LogP contribution < -0.4 is 0 Å². The Balaban J connectivity index is 0.000000325. The molecule has 0 radical (unpaired) electrons. The summed E-state index contributed by atoms with van der Waals surface area (Å²) >= 11 is 0. The van der Waals surface area contributed by atoms with Crippen LogP contribution in [0.25, 0.3) is 0 Å². The molecule has 1 N–H and O–H groups in total. The summed E-state index contributed by atoms with van der Waals surface area (Å²) in [5.74, 6) is 0.355. The Morgan fingerprint density at radius 2 is 1.69 bits per heavy atom. The summed E-state index contributed by atoms with van der Waals surface area (Å²) in [7, 11) is 0. The van der Waals surface area contributed by atoms with E-state index in [2.05, 4.69) is 19.9 Å². The second kappa shape index (κ2) is 7.68. The molecule has 0 aliphatic heterocycles. The van der Waals surface area contributed by atoms with Crippen molar-refractivity contribution in [1.82, 2.24) is 0 Å². The number of aliphatic hydroxyl groups excluding tert-OH is 1. The molecule has 1 aliphatic carbocycles. The second-order valence-corrected chi connectivity index (χ2v) is 5.54. The summed E-state index contributed by atoms with van der Waals surface area (Å²) in [5.41, 5.74) is 0.507. The molecule has 0 bridgehead atoms. The highest BCUT2D eigenvalue weighted by Gasteiger charge is 2.26. The van der Waals surface area contributed by atoms with Crippen LogP contribution in [-0.2, 0) is 0 Å². The van der Waals surface area contributed by atoms with Gasteiger partial charge in [0.25, 0.3) is 0 Å². The highest BCUT2D eigenvalue weighted by atomic mass is 16.3. The fourth-order valence-electron chi connectivity index (χ4n) is 1.82. The third kappa shape index (κ3) is 6.85. The highest BCUT2D eigenvalue weighted by Crippen LogP contribution is 2.37. The van der Waals surface area contributed by atoms with E-state index >= 15 is 0 Å². The van der Waals surface area contributed by atoms with E-state index in [1.54, 1.807) is 0 Å². The zero-order valence-corrected chi connectivity index (χ0v) is 11.3. The molecule has 0 aromatic heterocycles. The Kier molecular flexibility index (Phi) is 7.42. The van der Waals surface area contributed by atoms with Crippen molar-refractivity contribution >= 4 is 0 Å². The van der Waals surface area contributed by atoms with Gasteiger partial charge in [0.05, 0.1) is 12.2 Å². The van der Waals surface area contributed by atoms with Crippen LogP contribution in [0.1, 0.15) is 66.2 Å². The minimum Gasteiger partial charge on any atom is -0.393 e. The first kappa shape index (κ1) is 15.4. The molecule has 0 saturated heterocycles. The maximum Gasteiger partial charge on any atom is 0.0655 e. The first-order valence-electron chi connectivity index (χ1n) is 6.52. The fourth-order valence-corrected chi connectivity index (χ4v) is 1.82. The molecule has 1 aliphatic rings. The zero-order valence-electron chi connectivity index (χ0n) is 11.3. The molecular formula is C14H27NO. The number of aliphatic hydroxyl groups is 1. The van der Waals surface area contributed by atoms with Crippen LogP contribution in [-0.4, -0.2) is 11.2 Å². The maximum absolute atomic E-state index is 8.67. The van der Waals surface area contributed by atoms with Gasteiger partial charge in [-0.15, -0.1) is 0 Å². The summed E-state index contributed by atoms with van der Waals surface area (Å²) < 4.78 is 0. The molecule has 1 rings (SSSR count). The topological polar surface area (TPSA) is 44.0 Å². The first-order valence-corrected chi connectivity index (χ1v) is 6.52. The Morgan fingerprint density at radius 1 is 1.25 bits per heavy atom. The van der Waals surface area contributed by atoms with Gasteiger partial charge in [-0.05, 0) is 43.9 Å². The van der Waals surface area contributed by atoms with Crippen LogP contribution in [0.5, 0.6) is 0 Å². The predicted octanol–water partition coefficient (Wildman–Crippen LogP) is 3.89. The van der Waals surface area contributed by atoms with Gasteiger partial charge in [0.15, 0.2) is 0 Å². The molecular weight excluding hydrogens is 198 g/mol. The third-order valence-electron chi connectivity index (χ3n) is 3.46. The lowest BCUT2D eigenvalue weighted by Crippen LogP contribution is -2.20. The summed E-state index contributed by atoms with van der Waals surface area (Å²) in [6.45, 7) is 8.55. The molecule has 1 saturated carbocycles. The van der Waals surface area contributed by atoms with Crippen molar-refractivity contribution in [3.05, 3.63) is 0 Å². The Morgan fingerprint density at radius 3 is 1.94 bits per heavy atom. The van der Waals surface area contributed by atoms with Crippen LogP contribution in [0.3, 0.4) is 0 Å². The number of nitriles is 1. The van der Waals surface area contributed by atoms with Crippen molar-refractivity contribution in [2.75, 3.05) is 0 Å². The van der Waals surface area contributed by atoms with Crippen LogP contribution in [0.2, 0.25) is 0 Å². The van der Waals surface area contributed by atoms with E-state index in [0.717, 1.165) is 25.7 Å². The fraction of sp³-hybridized carbons (Fsp3) is 0.929. The predicted molar refractivity (Wildman–Crippen MR) is 67.9 cm³/mol. The van der Waals surface area contributed by atoms with E-state index in [1.807, 2.05) is 13.8 Å². The van der Waals surface area contributed by atoms with Gasteiger partial charge in [0.2, 0.25) is 0 Å². The quantitative estimate of drug-likeness (QED) is 0.774. The molecule has 0 spiro atoms. The van der Waals surface area contributed by atoms with Crippen molar-refractivity contribution in [1.29, 1.82) is 5.26 Å². The number of hydrogen-bond acceptors (Lipinski definition) is 2. The molecule has 94 valence electrons. The lowest BCUT2D eigenvalue weighted by molar-refractivity contribution is 0.166. The van der Waals surface area contributed by atoms with Crippen molar-refractivity contribution in [2.45, 2.75) is 72.3 Å². The average Bonchev–Trinajstić information content (AvgIpc) is 2.29. The van der Waals surface area contributed by atoms with E-state index in [1.165, 1.54) is 12.8 Å². The van der Waals surface area contributed by atoms with Crippen LogP contribution in [0.4, 0.5) is 0 Å². The van der Waals surface area contributed by atoms with Gasteiger partial charge in [-0.25, -0.2) is 0 Å². The highest BCUT2D eigenvalue weighted by molar-refractivity contribution is 4.89. The van der Waals surface area contributed by atoms with Gasteiger partial charge >= 0.3 is 0 Å². The summed E-state index contributed by atoms with van der Waals surface area (Å²) in [4.78, 5) is 0. The lowest BCUT2D eigenvalue weighted by atomic mass is 9.74. The van der Waals surface area contributed by atoms with E-state index in [-0.39, 0.29) is 6.10 Å². The molecule has 0 heterocycles. The van der Waals surface area contributed by atoms with E-state index in [4.69, 9.17) is 10.4 Å². The molecule has 0 unspecified atom stereocenters. The van der Waals surface area contributed by atoms with Crippen LogP contribution in [0.15, 0.2) is 0 Å². The van der Waals surface area contributed by atoms with E-state index < -0.39 is 0 Å². The van der Waals surface area contributed by atoms with Crippen molar-refractivity contribution < 1.29 is 5.11 Å². The summed E-state index contributed by atoms with van der Waals surface area (Å²) in [6.07, 6.45) is 6.39. The van der Waals surface area contributed by atoms with E-state index in [0.29, 0.717) is 11.3 Å². The molecule has 2 nitrogen and oxygen atoms in total. The Labute approximate surface area is 101 Å². The van der Waals surface area contributed by atoms with Gasteiger partial charge in [-0.1, -0.05) is 27.7 Å². The lowest BCUT2D eigenvalue weighted by Gasteiger charge is -2.31. The smallest absolute Gasteiger partial charge is 0.0655 e. The normalized spacial score (nSPS) is 19.8. The third-order valence-corrected chi connectivity index (χ3v) is 3.46. The largest absolute Gasteiger partial charge is 0.393 e. The monoisotopic (exact) mass is 225 g/mol. The molecule has 0 atom stereocenters. The van der Waals surface area contributed by atoms with Crippen molar-refractivity contribution in [3.63, 3.8) is 0 Å². The number of rotatable bonds is 2. The summed E-state index contributed by atoms with van der Waals surface area (Å²) in [5, 5.41) is 17.3. The second-order valence-electron chi connectivity index (χ2n) is 5.54.